The van der Waals surface area contributed by atoms with Crippen molar-refractivity contribution in [3.63, 3.8) is 0 Å². The number of aryl methyl sites for hydroxylation is 1. The Balaban J connectivity index is 3.38. The van der Waals surface area contributed by atoms with Gasteiger partial charge in [-0.2, -0.15) is 31.4 Å². The molecular weight excluding hydrogens is 358 g/mol. The molecular formula is C9H11BrF6N4. The number of hydrogen-bond acceptors (Lipinski definition) is 3. The summed E-state index contributed by atoms with van der Waals surface area (Å²) in [4.78, 5) is 0. The Morgan fingerprint density at radius 1 is 1.30 bits per heavy atom. The molecule has 0 aliphatic heterocycles. The Labute approximate surface area is 118 Å². The number of aromatic nitrogens is 2. The maximum absolute atomic E-state index is 12.8. The third-order valence-electron chi connectivity index (χ3n) is 2.65. The van der Waals surface area contributed by atoms with Crippen molar-refractivity contribution in [2.75, 3.05) is 0 Å². The summed E-state index contributed by atoms with van der Waals surface area (Å²) in [5, 5.41) is 3.69. The number of nitrogens with two attached hydrogens (primary N) is 1. The molecule has 1 aromatic heterocycles. The molecule has 0 amide bonds. The fourth-order valence-electron chi connectivity index (χ4n) is 1.83. The van der Waals surface area contributed by atoms with Crippen molar-refractivity contribution in [3.8, 4) is 0 Å². The van der Waals surface area contributed by atoms with Crippen molar-refractivity contribution in [1.82, 2.24) is 15.2 Å². The summed E-state index contributed by atoms with van der Waals surface area (Å²) in [6.07, 6.45) is -9.89. The van der Waals surface area contributed by atoms with Crippen LogP contribution >= 0.6 is 15.9 Å². The molecule has 0 aliphatic carbocycles. The highest BCUT2D eigenvalue weighted by molar-refractivity contribution is 9.10. The van der Waals surface area contributed by atoms with E-state index in [1.807, 2.05) is 0 Å². The molecule has 0 bridgehead atoms. The molecule has 11 heteroatoms. The third-order valence-corrected chi connectivity index (χ3v) is 3.26. The lowest BCUT2D eigenvalue weighted by molar-refractivity contribution is -0.293. The van der Waals surface area contributed by atoms with Gasteiger partial charge < -0.3 is 0 Å². The summed E-state index contributed by atoms with van der Waals surface area (Å²) in [5.74, 6) is 1.30. The smallest absolute Gasteiger partial charge is 0.271 e. The molecule has 1 aromatic rings. The summed E-state index contributed by atoms with van der Waals surface area (Å²) in [5.41, 5.74) is 1.29. The predicted octanol–water partition coefficient (Wildman–Crippen LogP) is 2.91. The molecule has 0 fully saturated rings. The maximum atomic E-state index is 12.8. The lowest BCUT2D eigenvalue weighted by Gasteiger charge is -2.30. The largest absolute Gasteiger partial charge is 0.402 e. The highest BCUT2D eigenvalue weighted by atomic mass is 79.9. The van der Waals surface area contributed by atoms with Gasteiger partial charge in [0.2, 0.25) is 0 Å². The van der Waals surface area contributed by atoms with Crippen molar-refractivity contribution in [1.29, 1.82) is 0 Å². The summed E-state index contributed by atoms with van der Waals surface area (Å²) in [6, 6.07) is -2.20. The van der Waals surface area contributed by atoms with E-state index in [9.17, 15) is 26.3 Å². The van der Waals surface area contributed by atoms with Gasteiger partial charge in [-0.25, -0.2) is 0 Å². The topological polar surface area (TPSA) is 55.9 Å². The molecule has 1 heterocycles. The van der Waals surface area contributed by atoms with E-state index in [4.69, 9.17) is 5.84 Å². The zero-order valence-corrected chi connectivity index (χ0v) is 11.6. The maximum Gasteiger partial charge on any atom is 0.402 e. The van der Waals surface area contributed by atoms with E-state index >= 15 is 0 Å². The van der Waals surface area contributed by atoms with Crippen LogP contribution in [0.5, 0.6) is 0 Å². The fourth-order valence-corrected chi connectivity index (χ4v) is 2.37. The minimum absolute atomic E-state index is 0.0146. The molecule has 1 atom stereocenters. The van der Waals surface area contributed by atoms with Crippen LogP contribution in [0.15, 0.2) is 10.7 Å². The second-order valence-electron chi connectivity index (χ2n) is 3.90. The molecule has 0 aromatic carbocycles. The molecule has 116 valence electrons. The monoisotopic (exact) mass is 368 g/mol. The highest BCUT2D eigenvalue weighted by Gasteiger charge is 2.61. The van der Waals surface area contributed by atoms with Gasteiger partial charge in [0, 0.05) is 6.54 Å². The van der Waals surface area contributed by atoms with Crippen molar-refractivity contribution < 1.29 is 26.3 Å². The fraction of sp³-hybridized carbons (Fsp3) is 0.667. The van der Waals surface area contributed by atoms with Crippen LogP contribution in [0.25, 0.3) is 0 Å². The molecule has 0 saturated carbocycles. The standard InChI is InChI=1S/C9H11BrF6N4/c1-2-20-6(4(10)3-18-20)5(19-17)7(8(11,12)13)9(14,15)16/h3,5,7,19H,2,17H2,1H3. The summed E-state index contributed by atoms with van der Waals surface area (Å²) >= 11 is 2.89. The van der Waals surface area contributed by atoms with E-state index in [1.54, 1.807) is 5.43 Å². The lowest BCUT2D eigenvalue weighted by Crippen LogP contribution is -2.48. The van der Waals surface area contributed by atoms with E-state index in [0.29, 0.717) is 0 Å². The number of halogens is 7. The van der Waals surface area contributed by atoms with Crippen molar-refractivity contribution >= 4 is 15.9 Å². The lowest BCUT2D eigenvalue weighted by atomic mass is 9.96. The van der Waals surface area contributed by atoms with Crippen LogP contribution in [0.2, 0.25) is 0 Å². The molecule has 3 N–H and O–H groups in total. The van der Waals surface area contributed by atoms with Crippen LogP contribution in [-0.4, -0.2) is 22.1 Å². The van der Waals surface area contributed by atoms with Crippen LogP contribution in [0.1, 0.15) is 18.7 Å². The van der Waals surface area contributed by atoms with Gasteiger partial charge in [0.15, 0.2) is 5.92 Å². The van der Waals surface area contributed by atoms with Gasteiger partial charge >= 0.3 is 12.4 Å². The second-order valence-corrected chi connectivity index (χ2v) is 4.75. The molecule has 0 saturated heterocycles. The van der Waals surface area contributed by atoms with E-state index in [-0.39, 0.29) is 16.7 Å². The SMILES string of the molecule is CCn1ncc(Br)c1C(NN)C(C(F)(F)F)C(F)(F)F. The summed E-state index contributed by atoms with van der Waals surface area (Å²) in [7, 11) is 0. The number of hydrogen-bond donors (Lipinski definition) is 2. The van der Waals surface area contributed by atoms with Crippen molar-refractivity contribution in [2.24, 2.45) is 11.8 Å². The number of nitrogens with zero attached hydrogens (tertiary/aromatic N) is 2. The molecule has 1 rings (SSSR count). The Morgan fingerprint density at radius 3 is 2.15 bits per heavy atom. The van der Waals surface area contributed by atoms with Crippen LogP contribution in [0.4, 0.5) is 26.3 Å². The first-order valence-electron chi connectivity index (χ1n) is 5.34. The molecule has 0 spiro atoms. The van der Waals surface area contributed by atoms with E-state index in [1.165, 1.54) is 6.92 Å². The third kappa shape index (κ3) is 3.44. The average Bonchev–Trinajstić information content (AvgIpc) is 2.63. The van der Waals surface area contributed by atoms with Crippen LogP contribution in [0, 0.1) is 5.92 Å². The van der Waals surface area contributed by atoms with Gasteiger partial charge in [0.05, 0.1) is 22.4 Å². The molecule has 4 nitrogen and oxygen atoms in total. The van der Waals surface area contributed by atoms with Crippen LogP contribution in [0.3, 0.4) is 0 Å². The number of nitrogens with one attached hydrogen (secondary N) is 1. The van der Waals surface area contributed by atoms with Gasteiger partial charge in [-0.05, 0) is 22.9 Å². The zero-order chi connectivity index (χ0) is 15.7. The zero-order valence-electron chi connectivity index (χ0n) is 10.1. The first kappa shape index (κ1) is 17.2. The molecule has 0 radical (unpaired) electrons. The Bertz CT molecular complexity index is 440. The average molecular weight is 369 g/mol. The second kappa shape index (κ2) is 5.90. The van der Waals surface area contributed by atoms with Gasteiger partial charge in [-0.3, -0.25) is 16.0 Å². The number of alkyl halides is 6. The Morgan fingerprint density at radius 2 is 1.80 bits per heavy atom. The summed E-state index contributed by atoms with van der Waals surface area (Å²) < 4.78 is 77.5. The van der Waals surface area contributed by atoms with E-state index in [2.05, 4.69) is 21.0 Å². The van der Waals surface area contributed by atoms with E-state index < -0.39 is 24.3 Å². The normalized spacial score (nSPS) is 14.9. The predicted molar refractivity (Wildman–Crippen MR) is 61.3 cm³/mol. The van der Waals surface area contributed by atoms with Gasteiger partial charge in [0.1, 0.15) is 0 Å². The van der Waals surface area contributed by atoms with Crippen molar-refractivity contribution in [2.45, 2.75) is 31.9 Å². The van der Waals surface area contributed by atoms with Crippen LogP contribution in [-0.2, 0) is 6.54 Å². The first-order chi connectivity index (χ1) is 9.04. The minimum atomic E-state index is -5.50. The van der Waals surface area contributed by atoms with Crippen molar-refractivity contribution in [3.05, 3.63) is 16.4 Å². The van der Waals surface area contributed by atoms with Gasteiger partial charge in [-0.15, -0.1) is 0 Å². The van der Waals surface area contributed by atoms with Gasteiger partial charge in [-0.1, -0.05) is 0 Å². The molecule has 20 heavy (non-hydrogen) atoms. The minimum Gasteiger partial charge on any atom is -0.271 e. The van der Waals surface area contributed by atoms with Crippen LogP contribution < -0.4 is 11.3 Å². The Hall–Kier alpha value is -0.810. The molecule has 0 aliphatic rings. The highest BCUT2D eigenvalue weighted by Crippen LogP contribution is 2.47. The van der Waals surface area contributed by atoms with Gasteiger partial charge in [0.25, 0.3) is 0 Å². The summed E-state index contributed by atoms with van der Waals surface area (Å²) in [6.45, 7) is 1.63. The molecule has 1 unspecified atom stereocenters. The first-order valence-corrected chi connectivity index (χ1v) is 6.14. The number of rotatable bonds is 4. The van der Waals surface area contributed by atoms with E-state index in [0.717, 1.165) is 10.9 Å². The quantitative estimate of drug-likeness (QED) is 0.488. The number of hydrazine groups is 1. The Kier molecular flexibility index (Phi) is 5.08.